The maximum absolute atomic E-state index is 12.2. The number of carbonyl (C=O) groups is 2. The molecular formula is C15H22N2O4S. The van der Waals surface area contributed by atoms with Crippen LogP contribution in [0.4, 0.5) is 5.69 Å². The van der Waals surface area contributed by atoms with Gasteiger partial charge in [-0.15, -0.1) is 0 Å². The quantitative estimate of drug-likeness (QED) is 0.858. The maximum atomic E-state index is 12.2. The number of sulfone groups is 1. The van der Waals surface area contributed by atoms with Gasteiger partial charge in [-0.25, -0.2) is 8.42 Å². The van der Waals surface area contributed by atoms with E-state index in [9.17, 15) is 18.0 Å². The Kier molecular flexibility index (Phi) is 5.71. The summed E-state index contributed by atoms with van der Waals surface area (Å²) in [7, 11) is -2.07. The summed E-state index contributed by atoms with van der Waals surface area (Å²) >= 11 is 0. The highest BCUT2D eigenvalue weighted by Crippen LogP contribution is 2.21. The second-order valence-electron chi connectivity index (χ2n) is 5.35. The van der Waals surface area contributed by atoms with Gasteiger partial charge in [0.15, 0.2) is 9.84 Å². The van der Waals surface area contributed by atoms with Gasteiger partial charge in [0.05, 0.1) is 16.5 Å². The summed E-state index contributed by atoms with van der Waals surface area (Å²) in [5.41, 5.74) is 1.32. The first kappa shape index (κ1) is 18.2. The number of nitrogens with one attached hydrogen (secondary N) is 2. The molecule has 122 valence electrons. The SMILES string of the molecule is CNC(=O)c1c(C)cccc1NC(=O)[C@@H](C)S(=O)(=O)C(C)C. The van der Waals surface area contributed by atoms with Crippen LogP contribution in [0.2, 0.25) is 0 Å². The number of amides is 2. The van der Waals surface area contributed by atoms with Crippen molar-refractivity contribution in [3.63, 3.8) is 0 Å². The van der Waals surface area contributed by atoms with E-state index >= 15 is 0 Å². The molecule has 0 spiro atoms. The molecule has 0 unspecified atom stereocenters. The van der Waals surface area contributed by atoms with Crippen molar-refractivity contribution < 1.29 is 18.0 Å². The van der Waals surface area contributed by atoms with Crippen LogP contribution in [0.3, 0.4) is 0 Å². The third-order valence-corrected chi connectivity index (χ3v) is 6.02. The molecule has 0 aromatic heterocycles. The zero-order valence-electron chi connectivity index (χ0n) is 13.4. The normalized spacial score (nSPS) is 12.8. The summed E-state index contributed by atoms with van der Waals surface area (Å²) in [5.74, 6) is -0.989. The van der Waals surface area contributed by atoms with Gasteiger partial charge >= 0.3 is 0 Å². The molecule has 7 heteroatoms. The Morgan fingerprint density at radius 3 is 2.23 bits per heavy atom. The number of rotatable bonds is 5. The molecule has 1 rings (SSSR count). The van der Waals surface area contributed by atoms with Gasteiger partial charge in [-0.2, -0.15) is 0 Å². The van der Waals surface area contributed by atoms with Gasteiger partial charge in [-0.3, -0.25) is 9.59 Å². The average Bonchev–Trinajstić information content (AvgIpc) is 2.45. The lowest BCUT2D eigenvalue weighted by atomic mass is 10.1. The van der Waals surface area contributed by atoms with Gasteiger partial charge < -0.3 is 10.6 Å². The van der Waals surface area contributed by atoms with E-state index in [2.05, 4.69) is 10.6 Å². The van der Waals surface area contributed by atoms with E-state index in [4.69, 9.17) is 0 Å². The van der Waals surface area contributed by atoms with Crippen molar-refractivity contribution in [1.82, 2.24) is 5.32 Å². The smallest absolute Gasteiger partial charge is 0.253 e. The van der Waals surface area contributed by atoms with E-state index in [1.807, 2.05) is 0 Å². The van der Waals surface area contributed by atoms with Crippen molar-refractivity contribution in [2.75, 3.05) is 12.4 Å². The van der Waals surface area contributed by atoms with Crippen LogP contribution in [-0.4, -0.2) is 37.8 Å². The lowest BCUT2D eigenvalue weighted by Gasteiger charge is -2.17. The molecule has 2 N–H and O–H groups in total. The minimum absolute atomic E-state index is 0.301. The Hall–Kier alpha value is -1.89. The van der Waals surface area contributed by atoms with Crippen LogP contribution < -0.4 is 10.6 Å². The van der Waals surface area contributed by atoms with E-state index in [1.165, 1.54) is 27.8 Å². The Morgan fingerprint density at radius 1 is 1.14 bits per heavy atom. The fraction of sp³-hybridized carbons (Fsp3) is 0.467. The van der Waals surface area contributed by atoms with Gasteiger partial charge in [-0.1, -0.05) is 12.1 Å². The monoisotopic (exact) mass is 326 g/mol. The van der Waals surface area contributed by atoms with Crippen LogP contribution in [0.1, 0.15) is 36.7 Å². The molecule has 1 atom stereocenters. The molecule has 0 saturated carbocycles. The van der Waals surface area contributed by atoms with E-state index in [-0.39, 0.29) is 5.91 Å². The van der Waals surface area contributed by atoms with E-state index in [0.29, 0.717) is 16.8 Å². The molecule has 1 aromatic rings. The lowest BCUT2D eigenvalue weighted by molar-refractivity contribution is -0.115. The van der Waals surface area contributed by atoms with Crippen molar-refractivity contribution >= 4 is 27.3 Å². The van der Waals surface area contributed by atoms with Crippen molar-refractivity contribution in [1.29, 1.82) is 0 Å². The second-order valence-corrected chi connectivity index (χ2v) is 8.17. The highest BCUT2D eigenvalue weighted by molar-refractivity contribution is 7.93. The molecule has 0 bridgehead atoms. The Labute approximate surface area is 131 Å². The van der Waals surface area contributed by atoms with Gasteiger partial charge in [0, 0.05) is 7.05 Å². The highest BCUT2D eigenvalue weighted by atomic mass is 32.2. The first-order valence-electron chi connectivity index (χ1n) is 6.98. The number of hydrogen-bond donors (Lipinski definition) is 2. The zero-order chi connectivity index (χ0) is 17.1. The van der Waals surface area contributed by atoms with Gasteiger partial charge in [0.2, 0.25) is 5.91 Å². The van der Waals surface area contributed by atoms with E-state index in [1.54, 1.807) is 25.1 Å². The van der Waals surface area contributed by atoms with Crippen LogP contribution in [0.5, 0.6) is 0 Å². The van der Waals surface area contributed by atoms with Gasteiger partial charge in [0.25, 0.3) is 5.91 Å². The Morgan fingerprint density at radius 2 is 1.73 bits per heavy atom. The predicted molar refractivity (Wildman–Crippen MR) is 86.7 cm³/mol. The third-order valence-electron chi connectivity index (χ3n) is 3.50. The standard InChI is InChI=1S/C15H22N2O4S/c1-9(2)22(20,21)11(4)14(18)17-12-8-6-7-10(3)13(12)15(19)16-5/h6-9,11H,1-5H3,(H,16,19)(H,17,18)/t11-/m1/s1. The molecule has 0 aliphatic rings. The minimum atomic E-state index is -3.56. The molecule has 2 amide bonds. The molecule has 0 aliphatic heterocycles. The summed E-state index contributed by atoms with van der Waals surface area (Å²) in [5, 5.41) is 3.22. The Balaban J connectivity index is 3.14. The van der Waals surface area contributed by atoms with Crippen molar-refractivity contribution in [3.8, 4) is 0 Å². The number of hydrogen-bond acceptors (Lipinski definition) is 4. The van der Waals surface area contributed by atoms with Gasteiger partial charge in [-0.05, 0) is 39.3 Å². The second kappa shape index (κ2) is 6.91. The number of anilines is 1. The number of aryl methyl sites for hydroxylation is 1. The molecule has 1 aromatic carbocycles. The van der Waals surface area contributed by atoms with E-state index < -0.39 is 26.2 Å². The largest absolute Gasteiger partial charge is 0.355 e. The van der Waals surface area contributed by atoms with Gasteiger partial charge in [0.1, 0.15) is 5.25 Å². The maximum Gasteiger partial charge on any atom is 0.253 e. The average molecular weight is 326 g/mol. The topological polar surface area (TPSA) is 92.3 Å². The van der Waals surface area contributed by atoms with Crippen LogP contribution in [-0.2, 0) is 14.6 Å². The Bertz CT molecular complexity index is 681. The summed E-state index contributed by atoms with van der Waals surface area (Å²) in [4.78, 5) is 24.1. The van der Waals surface area contributed by atoms with Crippen LogP contribution in [0.25, 0.3) is 0 Å². The molecule has 0 aliphatic carbocycles. The van der Waals surface area contributed by atoms with E-state index in [0.717, 1.165) is 0 Å². The lowest BCUT2D eigenvalue weighted by Crippen LogP contribution is -2.37. The fourth-order valence-electron chi connectivity index (χ4n) is 1.99. The first-order chi connectivity index (χ1) is 10.1. The zero-order valence-corrected chi connectivity index (χ0v) is 14.2. The molecule has 0 fully saturated rings. The molecule has 0 heterocycles. The van der Waals surface area contributed by atoms with Crippen LogP contribution in [0, 0.1) is 6.92 Å². The molecule has 6 nitrogen and oxygen atoms in total. The summed E-state index contributed by atoms with van der Waals surface area (Å²) in [6, 6.07) is 5.01. The molecule has 0 radical (unpaired) electrons. The summed E-state index contributed by atoms with van der Waals surface area (Å²) < 4.78 is 24.1. The third kappa shape index (κ3) is 3.65. The van der Waals surface area contributed by atoms with Crippen molar-refractivity contribution in [3.05, 3.63) is 29.3 Å². The summed E-state index contributed by atoms with van der Waals surface area (Å²) in [6.07, 6.45) is 0. The summed E-state index contributed by atoms with van der Waals surface area (Å²) in [6.45, 7) is 6.15. The molecular weight excluding hydrogens is 304 g/mol. The van der Waals surface area contributed by atoms with Crippen LogP contribution in [0.15, 0.2) is 18.2 Å². The fourth-order valence-corrected chi connectivity index (χ4v) is 3.16. The molecule has 0 saturated heterocycles. The minimum Gasteiger partial charge on any atom is -0.355 e. The van der Waals surface area contributed by atoms with Crippen LogP contribution >= 0.6 is 0 Å². The van der Waals surface area contributed by atoms with Crippen molar-refractivity contribution in [2.24, 2.45) is 0 Å². The first-order valence-corrected chi connectivity index (χ1v) is 8.59. The highest BCUT2D eigenvalue weighted by Gasteiger charge is 2.31. The number of carbonyl (C=O) groups excluding carboxylic acids is 2. The van der Waals surface area contributed by atoms with Crippen molar-refractivity contribution in [2.45, 2.75) is 38.2 Å². The molecule has 22 heavy (non-hydrogen) atoms. The number of benzene rings is 1. The predicted octanol–water partition coefficient (Wildman–Crippen LogP) is 1.50.